The molecule has 0 spiro atoms. The molecule has 0 atom stereocenters. The second-order valence-electron chi connectivity index (χ2n) is 1.88. The summed E-state index contributed by atoms with van der Waals surface area (Å²) in [6, 6.07) is 0. The second kappa shape index (κ2) is 6.92. The average Bonchev–Trinajstić information content (AvgIpc) is 1.81. The molecular weight excluding hydrogens is 100 g/mol. The predicted molar refractivity (Wildman–Crippen MR) is 36.8 cm³/mol. The van der Waals surface area contributed by atoms with Gasteiger partial charge in [-0.3, -0.25) is 0 Å². The van der Waals surface area contributed by atoms with Gasteiger partial charge in [0.15, 0.2) is 0 Å². The summed E-state index contributed by atoms with van der Waals surface area (Å²) in [4.78, 5) is 0. The third-order valence-electron chi connectivity index (χ3n) is 1.01. The Kier molecular flexibility index (Phi) is 6.85. The van der Waals surface area contributed by atoms with E-state index in [0.29, 0.717) is 0 Å². The van der Waals surface area contributed by atoms with Crippen molar-refractivity contribution in [2.75, 3.05) is 20.3 Å². The minimum absolute atomic E-state index is 0.931. The quantitative estimate of drug-likeness (QED) is 0.405. The van der Waals surface area contributed by atoms with Gasteiger partial charge in [-0.25, -0.2) is 0 Å². The molecule has 0 aliphatic rings. The fraction of sp³-hybridized carbons (Fsp3) is 1.00. The predicted octanol–water partition coefficient (Wildman–Crippen LogP) is 0.553. The van der Waals surface area contributed by atoms with Crippen LogP contribution in [0.4, 0.5) is 0 Å². The summed E-state index contributed by atoms with van der Waals surface area (Å²) in [6.07, 6.45) is 2.55. The zero-order valence-corrected chi connectivity index (χ0v) is 5.83. The van der Waals surface area contributed by atoms with Gasteiger partial charge in [0.25, 0.3) is 0 Å². The van der Waals surface area contributed by atoms with Gasteiger partial charge in [0.1, 0.15) is 0 Å². The molecular formula is C6H16N2. The van der Waals surface area contributed by atoms with Crippen LogP contribution in [-0.2, 0) is 0 Å². The first-order chi connectivity index (χ1) is 3.91. The van der Waals surface area contributed by atoms with Crippen LogP contribution >= 0.6 is 0 Å². The van der Waals surface area contributed by atoms with Crippen LogP contribution in [0.15, 0.2) is 0 Å². The van der Waals surface area contributed by atoms with Crippen LogP contribution in [0.3, 0.4) is 0 Å². The van der Waals surface area contributed by atoms with E-state index in [9.17, 15) is 0 Å². The number of nitrogens with one attached hydrogen (secondary N) is 2. The molecule has 0 aliphatic heterocycles. The SMILES string of the molecule is CCCCNCNC. The minimum atomic E-state index is 0.931. The molecule has 0 heterocycles. The van der Waals surface area contributed by atoms with Crippen LogP contribution in [-0.4, -0.2) is 20.3 Å². The first-order valence-electron chi connectivity index (χ1n) is 3.27. The van der Waals surface area contributed by atoms with Gasteiger partial charge in [0, 0.05) is 6.67 Å². The summed E-state index contributed by atoms with van der Waals surface area (Å²) >= 11 is 0. The molecule has 2 N–H and O–H groups in total. The molecule has 0 unspecified atom stereocenters. The Morgan fingerprint density at radius 1 is 1.38 bits per heavy atom. The lowest BCUT2D eigenvalue weighted by molar-refractivity contribution is 0.603. The smallest absolute Gasteiger partial charge is 0.0451 e. The summed E-state index contributed by atoms with van der Waals surface area (Å²) < 4.78 is 0. The van der Waals surface area contributed by atoms with Crippen molar-refractivity contribution in [3.8, 4) is 0 Å². The Labute approximate surface area is 51.7 Å². The molecule has 2 nitrogen and oxygen atoms in total. The molecule has 0 aromatic rings. The van der Waals surface area contributed by atoms with Gasteiger partial charge in [0.05, 0.1) is 0 Å². The summed E-state index contributed by atoms with van der Waals surface area (Å²) in [5.41, 5.74) is 0. The first kappa shape index (κ1) is 7.92. The van der Waals surface area contributed by atoms with E-state index in [1.807, 2.05) is 7.05 Å². The number of hydrogen-bond acceptors (Lipinski definition) is 2. The Balaban J connectivity index is 2.53. The fourth-order valence-electron chi connectivity index (χ4n) is 0.515. The van der Waals surface area contributed by atoms with E-state index < -0.39 is 0 Å². The van der Waals surface area contributed by atoms with Crippen molar-refractivity contribution < 1.29 is 0 Å². The number of unbranched alkanes of at least 4 members (excludes halogenated alkanes) is 1. The average molecular weight is 116 g/mol. The summed E-state index contributed by atoms with van der Waals surface area (Å²) in [6.45, 7) is 4.26. The highest BCUT2D eigenvalue weighted by Gasteiger charge is 1.79. The van der Waals surface area contributed by atoms with E-state index >= 15 is 0 Å². The van der Waals surface area contributed by atoms with Crippen molar-refractivity contribution in [1.29, 1.82) is 0 Å². The van der Waals surface area contributed by atoms with Crippen LogP contribution in [0.1, 0.15) is 19.8 Å². The van der Waals surface area contributed by atoms with Crippen molar-refractivity contribution in [2.24, 2.45) is 0 Å². The molecule has 0 aromatic heterocycles. The molecule has 0 bridgehead atoms. The number of hydrogen-bond donors (Lipinski definition) is 2. The second-order valence-corrected chi connectivity index (χ2v) is 1.88. The van der Waals surface area contributed by atoms with E-state index in [1.165, 1.54) is 12.8 Å². The third kappa shape index (κ3) is 5.92. The highest BCUT2D eigenvalue weighted by Crippen LogP contribution is 1.80. The van der Waals surface area contributed by atoms with Crippen molar-refractivity contribution in [3.05, 3.63) is 0 Å². The Morgan fingerprint density at radius 2 is 2.12 bits per heavy atom. The maximum absolute atomic E-state index is 3.22. The lowest BCUT2D eigenvalue weighted by atomic mass is 10.3. The lowest BCUT2D eigenvalue weighted by Gasteiger charge is -1.99. The molecule has 8 heavy (non-hydrogen) atoms. The maximum Gasteiger partial charge on any atom is 0.0451 e. The normalized spacial score (nSPS) is 9.75. The summed E-state index contributed by atoms with van der Waals surface area (Å²) in [5.74, 6) is 0. The van der Waals surface area contributed by atoms with Gasteiger partial charge in [-0.2, -0.15) is 0 Å². The molecule has 0 aromatic carbocycles. The van der Waals surface area contributed by atoms with Crippen molar-refractivity contribution in [3.63, 3.8) is 0 Å². The van der Waals surface area contributed by atoms with Gasteiger partial charge in [-0.1, -0.05) is 13.3 Å². The van der Waals surface area contributed by atoms with E-state index in [1.54, 1.807) is 0 Å². The molecule has 0 saturated heterocycles. The van der Waals surface area contributed by atoms with Crippen LogP contribution < -0.4 is 10.6 Å². The third-order valence-corrected chi connectivity index (χ3v) is 1.01. The van der Waals surface area contributed by atoms with Crippen molar-refractivity contribution >= 4 is 0 Å². The largest absolute Gasteiger partial charge is 0.308 e. The highest BCUT2D eigenvalue weighted by atomic mass is 15.0. The monoisotopic (exact) mass is 116 g/mol. The van der Waals surface area contributed by atoms with Gasteiger partial charge in [-0.15, -0.1) is 0 Å². The molecule has 50 valence electrons. The van der Waals surface area contributed by atoms with Crippen LogP contribution in [0, 0.1) is 0 Å². The molecule has 0 amide bonds. The van der Waals surface area contributed by atoms with Gasteiger partial charge >= 0.3 is 0 Å². The van der Waals surface area contributed by atoms with Gasteiger partial charge < -0.3 is 10.6 Å². The molecule has 0 radical (unpaired) electrons. The Bertz CT molecular complexity index is 31.5. The van der Waals surface area contributed by atoms with E-state index in [2.05, 4.69) is 17.6 Å². The fourth-order valence-corrected chi connectivity index (χ4v) is 0.515. The van der Waals surface area contributed by atoms with Gasteiger partial charge in [0.2, 0.25) is 0 Å². The number of rotatable bonds is 5. The highest BCUT2D eigenvalue weighted by molar-refractivity contribution is 4.41. The van der Waals surface area contributed by atoms with Crippen molar-refractivity contribution in [1.82, 2.24) is 10.6 Å². The van der Waals surface area contributed by atoms with Crippen LogP contribution in [0.25, 0.3) is 0 Å². The lowest BCUT2D eigenvalue weighted by Crippen LogP contribution is -2.26. The molecule has 0 rings (SSSR count). The summed E-state index contributed by atoms with van der Waals surface area (Å²) in [5, 5.41) is 6.24. The molecule has 2 heteroatoms. The topological polar surface area (TPSA) is 24.1 Å². The summed E-state index contributed by atoms with van der Waals surface area (Å²) in [7, 11) is 1.94. The van der Waals surface area contributed by atoms with E-state index in [0.717, 1.165) is 13.2 Å². The maximum atomic E-state index is 3.22. The Morgan fingerprint density at radius 3 is 2.62 bits per heavy atom. The zero-order valence-electron chi connectivity index (χ0n) is 5.83. The van der Waals surface area contributed by atoms with Crippen molar-refractivity contribution in [2.45, 2.75) is 19.8 Å². The standard InChI is InChI=1S/C6H16N2/c1-3-4-5-8-6-7-2/h7-8H,3-6H2,1-2H3. The van der Waals surface area contributed by atoms with Crippen LogP contribution in [0.2, 0.25) is 0 Å². The molecule has 0 saturated carbocycles. The van der Waals surface area contributed by atoms with E-state index in [-0.39, 0.29) is 0 Å². The molecule has 0 fully saturated rings. The zero-order chi connectivity index (χ0) is 6.24. The first-order valence-corrected chi connectivity index (χ1v) is 3.27. The molecule has 0 aliphatic carbocycles. The minimum Gasteiger partial charge on any atom is -0.308 e. The van der Waals surface area contributed by atoms with Crippen LogP contribution in [0.5, 0.6) is 0 Å². The Hall–Kier alpha value is -0.0800. The van der Waals surface area contributed by atoms with Gasteiger partial charge in [-0.05, 0) is 20.0 Å². The van der Waals surface area contributed by atoms with E-state index in [4.69, 9.17) is 0 Å².